The number of hydrogen-bond acceptors (Lipinski definition) is 7. The second kappa shape index (κ2) is 6.73. The van der Waals surface area contributed by atoms with Crippen molar-refractivity contribution in [3.05, 3.63) is 64.2 Å². The highest BCUT2D eigenvalue weighted by Gasteiger charge is 2.24. The van der Waals surface area contributed by atoms with Crippen molar-refractivity contribution in [2.45, 2.75) is 11.8 Å². The summed E-state index contributed by atoms with van der Waals surface area (Å²) in [5, 5.41) is 11.1. The molecule has 1 N–H and O–H groups in total. The van der Waals surface area contributed by atoms with Gasteiger partial charge in [-0.2, -0.15) is 0 Å². The molecule has 1 aliphatic heterocycles. The lowest BCUT2D eigenvalue weighted by Crippen LogP contribution is -2.28. The van der Waals surface area contributed by atoms with Crippen LogP contribution in [0.2, 0.25) is 0 Å². The lowest BCUT2D eigenvalue weighted by atomic mass is 10.2. The number of aryl methyl sites for hydroxylation is 1. The number of hydrogen-bond donors (Lipinski definition) is 1. The Balaban J connectivity index is 1.71. The smallest absolute Gasteiger partial charge is 0.271 e. The number of aliphatic imine (C=N–C) groups is 1. The molecule has 0 radical (unpaired) electrons. The molecular formula is C15H14N4O4S2. The summed E-state index contributed by atoms with van der Waals surface area (Å²) < 4.78 is 28.9. The van der Waals surface area contributed by atoms with E-state index in [1.807, 2.05) is 6.92 Å². The lowest BCUT2D eigenvalue weighted by molar-refractivity contribution is -0.384. The standard InChI is InChI=1S/C15H14N4O4S2/c1-11-5-7-14(8-6-11)25(22,23)17-15-16-10-18(24-15)12-3-2-4-13(9-12)19(20)21/h2-9H,10H2,1H3,(H,16,17). The zero-order valence-corrected chi connectivity index (χ0v) is 14.8. The monoisotopic (exact) mass is 378 g/mol. The van der Waals surface area contributed by atoms with Crippen molar-refractivity contribution in [1.29, 1.82) is 0 Å². The second-order valence-corrected chi connectivity index (χ2v) is 7.96. The fraction of sp³-hybridized carbons (Fsp3) is 0.133. The van der Waals surface area contributed by atoms with E-state index in [2.05, 4.69) is 9.71 Å². The molecule has 0 saturated heterocycles. The summed E-state index contributed by atoms with van der Waals surface area (Å²) >= 11 is 1.08. The van der Waals surface area contributed by atoms with Gasteiger partial charge in [0.1, 0.15) is 6.67 Å². The average Bonchev–Trinajstić information content (AvgIpc) is 3.03. The zero-order chi connectivity index (χ0) is 18.0. The molecule has 8 nitrogen and oxygen atoms in total. The zero-order valence-electron chi connectivity index (χ0n) is 13.1. The molecule has 1 heterocycles. The molecule has 0 aliphatic carbocycles. The summed E-state index contributed by atoms with van der Waals surface area (Å²) in [5.74, 6) is 0. The highest BCUT2D eigenvalue weighted by Crippen LogP contribution is 2.30. The molecule has 0 aromatic heterocycles. The molecule has 0 amide bonds. The van der Waals surface area contributed by atoms with Gasteiger partial charge in [-0.15, -0.1) is 0 Å². The maximum atomic E-state index is 12.4. The van der Waals surface area contributed by atoms with E-state index in [0.717, 1.165) is 17.5 Å². The minimum Gasteiger partial charge on any atom is -0.288 e. The van der Waals surface area contributed by atoms with Crippen LogP contribution in [-0.2, 0) is 10.0 Å². The van der Waals surface area contributed by atoms with Crippen molar-refractivity contribution in [1.82, 2.24) is 4.72 Å². The minimum absolute atomic E-state index is 0.0354. The van der Waals surface area contributed by atoms with Gasteiger partial charge in [-0.1, -0.05) is 23.8 Å². The third-order valence-electron chi connectivity index (χ3n) is 3.42. The van der Waals surface area contributed by atoms with Crippen LogP contribution in [0.1, 0.15) is 5.56 Å². The Bertz CT molecular complexity index is 942. The first-order valence-electron chi connectivity index (χ1n) is 7.19. The van der Waals surface area contributed by atoms with Gasteiger partial charge in [0.15, 0.2) is 5.17 Å². The molecule has 25 heavy (non-hydrogen) atoms. The van der Waals surface area contributed by atoms with Crippen molar-refractivity contribution in [2.75, 3.05) is 11.0 Å². The second-order valence-electron chi connectivity index (χ2n) is 5.27. The van der Waals surface area contributed by atoms with Crippen LogP contribution in [0.25, 0.3) is 0 Å². The van der Waals surface area contributed by atoms with Crippen LogP contribution in [0.15, 0.2) is 58.4 Å². The number of nitrogens with zero attached hydrogens (tertiary/aromatic N) is 3. The molecule has 2 aromatic carbocycles. The summed E-state index contributed by atoms with van der Waals surface area (Å²) in [5.41, 5.74) is 1.50. The third-order valence-corrected chi connectivity index (χ3v) is 5.86. The molecule has 1 aliphatic rings. The Morgan fingerprint density at radius 1 is 1.24 bits per heavy atom. The number of anilines is 1. The molecule has 2 aromatic rings. The van der Waals surface area contributed by atoms with E-state index in [1.54, 1.807) is 28.6 Å². The van der Waals surface area contributed by atoms with E-state index in [-0.39, 0.29) is 22.4 Å². The summed E-state index contributed by atoms with van der Waals surface area (Å²) in [6.45, 7) is 2.06. The SMILES string of the molecule is Cc1ccc(S(=O)(=O)NC2=NCN(c3cccc([N+](=O)[O-])c3)S2)cc1. The van der Waals surface area contributed by atoms with E-state index < -0.39 is 14.9 Å². The lowest BCUT2D eigenvalue weighted by Gasteiger charge is -2.15. The van der Waals surface area contributed by atoms with Gasteiger partial charge in [0.05, 0.1) is 15.5 Å². The molecular weight excluding hydrogens is 364 g/mol. The fourth-order valence-electron chi connectivity index (χ4n) is 2.13. The van der Waals surface area contributed by atoms with Gasteiger partial charge in [0, 0.05) is 24.1 Å². The van der Waals surface area contributed by atoms with E-state index in [4.69, 9.17) is 0 Å². The molecule has 3 rings (SSSR count). The number of rotatable bonds is 4. The van der Waals surface area contributed by atoms with E-state index in [9.17, 15) is 18.5 Å². The van der Waals surface area contributed by atoms with E-state index in [0.29, 0.717) is 5.69 Å². The van der Waals surface area contributed by atoms with Gasteiger partial charge in [0.25, 0.3) is 15.7 Å². The topological polar surface area (TPSA) is 105 Å². The number of sulfonamides is 1. The van der Waals surface area contributed by atoms with Crippen molar-refractivity contribution in [3.63, 3.8) is 0 Å². The van der Waals surface area contributed by atoms with Crippen LogP contribution in [0.4, 0.5) is 11.4 Å². The van der Waals surface area contributed by atoms with Crippen LogP contribution in [0.5, 0.6) is 0 Å². The van der Waals surface area contributed by atoms with Crippen LogP contribution < -0.4 is 9.03 Å². The molecule has 0 bridgehead atoms. The van der Waals surface area contributed by atoms with Gasteiger partial charge in [0.2, 0.25) is 0 Å². The van der Waals surface area contributed by atoms with Gasteiger partial charge in [-0.25, -0.2) is 13.4 Å². The Morgan fingerprint density at radius 2 is 1.96 bits per heavy atom. The van der Waals surface area contributed by atoms with Crippen LogP contribution in [-0.4, -0.2) is 25.2 Å². The highest BCUT2D eigenvalue weighted by atomic mass is 32.2. The summed E-state index contributed by atoms with van der Waals surface area (Å²) in [4.78, 5) is 14.7. The van der Waals surface area contributed by atoms with Gasteiger partial charge < -0.3 is 0 Å². The number of non-ortho nitro benzene ring substituents is 1. The maximum absolute atomic E-state index is 12.4. The first kappa shape index (κ1) is 17.2. The van der Waals surface area contributed by atoms with E-state index >= 15 is 0 Å². The number of benzene rings is 2. The van der Waals surface area contributed by atoms with E-state index in [1.165, 1.54) is 24.3 Å². The van der Waals surface area contributed by atoms with Crippen LogP contribution >= 0.6 is 11.9 Å². The van der Waals surface area contributed by atoms with Gasteiger partial charge >= 0.3 is 0 Å². The molecule has 0 fully saturated rings. The first-order chi connectivity index (χ1) is 11.8. The Labute approximate surface area is 148 Å². The molecule has 0 atom stereocenters. The maximum Gasteiger partial charge on any atom is 0.271 e. The van der Waals surface area contributed by atoms with Crippen molar-refractivity contribution in [3.8, 4) is 0 Å². The van der Waals surface area contributed by atoms with Crippen molar-refractivity contribution < 1.29 is 13.3 Å². The third kappa shape index (κ3) is 3.91. The predicted molar refractivity (Wildman–Crippen MR) is 97.0 cm³/mol. The molecule has 130 valence electrons. The summed E-state index contributed by atoms with van der Waals surface area (Å²) in [7, 11) is -3.72. The van der Waals surface area contributed by atoms with Gasteiger partial charge in [-0.05, 0) is 25.1 Å². The Hall–Kier alpha value is -2.59. The normalized spacial score (nSPS) is 14.3. The van der Waals surface area contributed by atoms with Crippen molar-refractivity contribution in [2.24, 2.45) is 4.99 Å². The quantitative estimate of drug-likeness (QED) is 0.498. The largest absolute Gasteiger partial charge is 0.288 e. The van der Waals surface area contributed by atoms with Crippen LogP contribution in [0, 0.1) is 17.0 Å². The first-order valence-corrected chi connectivity index (χ1v) is 9.45. The minimum atomic E-state index is -3.72. The van der Waals surface area contributed by atoms with Crippen LogP contribution in [0.3, 0.4) is 0 Å². The summed E-state index contributed by atoms with van der Waals surface area (Å²) in [6, 6.07) is 12.6. The average molecular weight is 378 g/mol. The molecule has 0 spiro atoms. The summed E-state index contributed by atoms with van der Waals surface area (Å²) in [6.07, 6.45) is 0. The Kier molecular flexibility index (Phi) is 4.64. The number of nitro benzene ring substituents is 1. The predicted octanol–water partition coefficient (Wildman–Crippen LogP) is 2.66. The van der Waals surface area contributed by atoms with Crippen molar-refractivity contribution >= 4 is 38.5 Å². The highest BCUT2D eigenvalue weighted by molar-refractivity contribution is 8.16. The number of nitro groups is 1. The molecule has 0 saturated carbocycles. The molecule has 10 heteroatoms. The Morgan fingerprint density at radius 3 is 2.64 bits per heavy atom. The molecule has 0 unspecified atom stereocenters. The van der Waals surface area contributed by atoms with Gasteiger partial charge in [-0.3, -0.25) is 19.1 Å². The fourth-order valence-corrected chi connectivity index (χ4v) is 4.17. The number of amidine groups is 1. The number of nitrogens with one attached hydrogen (secondary N) is 1.